The average Bonchev–Trinajstić information content (AvgIpc) is 2.71. The van der Waals surface area contributed by atoms with E-state index < -0.39 is 0 Å². The Morgan fingerprint density at radius 3 is 2.72 bits per heavy atom. The van der Waals surface area contributed by atoms with Crippen LogP contribution in [-0.2, 0) is 12.8 Å². The van der Waals surface area contributed by atoms with Gasteiger partial charge in [0.15, 0.2) is 5.82 Å². The number of fused-ring (bicyclic) bond motifs is 3. The molecule has 0 radical (unpaired) electrons. The Kier molecular flexibility index (Phi) is 2.44. The Bertz CT molecular complexity index is 576. The lowest BCUT2D eigenvalue weighted by Crippen LogP contribution is -2.27. The quantitative estimate of drug-likeness (QED) is 0.803. The number of rotatable bonds is 1. The summed E-state index contributed by atoms with van der Waals surface area (Å²) < 4.78 is 0. The number of H-pyrrole nitrogens is 1. The van der Waals surface area contributed by atoms with Gasteiger partial charge in [-0.15, -0.1) is 0 Å². The largest absolute Gasteiger partial charge is 0.364 e. The van der Waals surface area contributed by atoms with Crippen molar-refractivity contribution in [2.45, 2.75) is 39.2 Å². The van der Waals surface area contributed by atoms with E-state index in [-0.39, 0.29) is 5.54 Å². The first-order chi connectivity index (χ1) is 8.54. The van der Waals surface area contributed by atoms with Gasteiger partial charge in [-0.2, -0.15) is 5.10 Å². The maximum atomic E-state index is 4.45. The Morgan fingerprint density at radius 1 is 1.17 bits per heavy atom. The van der Waals surface area contributed by atoms with Gasteiger partial charge in [0.05, 0.1) is 5.69 Å². The summed E-state index contributed by atoms with van der Waals surface area (Å²) in [4.78, 5) is 0. The van der Waals surface area contributed by atoms with Crippen molar-refractivity contribution in [1.29, 1.82) is 0 Å². The third kappa shape index (κ3) is 1.90. The number of aromatic nitrogens is 2. The van der Waals surface area contributed by atoms with Gasteiger partial charge in [0.25, 0.3) is 0 Å². The fourth-order valence-electron chi connectivity index (χ4n) is 2.53. The summed E-state index contributed by atoms with van der Waals surface area (Å²) in [5.41, 5.74) is 5.26. The van der Waals surface area contributed by atoms with Gasteiger partial charge in [-0.05, 0) is 39.2 Å². The minimum atomic E-state index is 0.0416. The molecule has 0 amide bonds. The highest BCUT2D eigenvalue weighted by Gasteiger charge is 2.23. The molecule has 0 spiro atoms. The first-order valence-electron chi connectivity index (χ1n) is 6.48. The van der Waals surface area contributed by atoms with Crippen molar-refractivity contribution in [2.75, 3.05) is 5.32 Å². The highest BCUT2D eigenvalue weighted by atomic mass is 15.2. The number of anilines is 1. The molecule has 0 saturated carbocycles. The van der Waals surface area contributed by atoms with Gasteiger partial charge in [0, 0.05) is 16.7 Å². The van der Waals surface area contributed by atoms with Crippen LogP contribution in [0.5, 0.6) is 0 Å². The first-order valence-corrected chi connectivity index (χ1v) is 6.48. The monoisotopic (exact) mass is 241 g/mol. The Hall–Kier alpha value is -1.77. The van der Waals surface area contributed by atoms with Crippen LogP contribution in [0.1, 0.15) is 31.9 Å². The average molecular weight is 241 g/mol. The van der Waals surface area contributed by atoms with Gasteiger partial charge >= 0.3 is 0 Å². The zero-order valence-electron chi connectivity index (χ0n) is 11.2. The maximum absolute atomic E-state index is 4.45. The summed E-state index contributed by atoms with van der Waals surface area (Å²) in [6.45, 7) is 6.47. The van der Waals surface area contributed by atoms with Crippen molar-refractivity contribution in [2.24, 2.45) is 0 Å². The predicted octanol–water partition coefficient (Wildman–Crippen LogP) is 3.39. The fourth-order valence-corrected chi connectivity index (χ4v) is 2.53. The molecule has 1 aliphatic rings. The zero-order chi connectivity index (χ0) is 12.8. The molecule has 0 atom stereocenters. The van der Waals surface area contributed by atoms with Crippen LogP contribution in [0, 0.1) is 0 Å². The third-order valence-electron chi connectivity index (χ3n) is 3.29. The highest BCUT2D eigenvalue weighted by Crippen LogP contribution is 2.35. The zero-order valence-corrected chi connectivity index (χ0v) is 11.2. The molecule has 0 aliphatic heterocycles. The van der Waals surface area contributed by atoms with E-state index >= 15 is 0 Å². The van der Waals surface area contributed by atoms with Crippen molar-refractivity contribution in [3.05, 3.63) is 35.4 Å². The lowest BCUT2D eigenvalue weighted by atomic mass is 9.90. The van der Waals surface area contributed by atoms with Crippen molar-refractivity contribution >= 4 is 5.82 Å². The number of hydrogen-bond donors (Lipinski definition) is 2. The van der Waals surface area contributed by atoms with E-state index in [9.17, 15) is 0 Å². The molecular weight excluding hydrogens is 222 g/mol. The number of benzene rings is 1. The van der Waals surface area contributed by atoms with Crippen LogP contribution in [0.3, 0.4) is 0 Å². The number of hydrogen-bond acceptors (Lipinski definition) is 2. The standard InChI is InChI=1S/C15H19N3/c1-15(2,3)16-14-12-9-8-10-6-4-5-7-11(10)13(12)17-18-14/h4-7H,8-9H2,1-3H3,(H2,16,17,18). The van der Waals surface area contributed by atoms with Crippen molar-refractivity contribution < 1.29 is 0 Å². The summed E-state index contributed by atoms with van der Waals surface area (Å²) >= 11 is 0. The van der Waals surface area contributed by atoms with E-state index in [1.54, 1.807) is 0 Å². The Labute approximate surface area is 108 Å². The normalized spacial score (nSPS) is 13.9. The fraction of sp³-hybridized carbons (Fsp3) is 0.400. The summed E-state index contributed by atoms with van der Waals surface area (Å²) in [5, 5.41) is 11.1. The van der Waals surface area contributed by atoms with Gasteiger partial charge in [0.2, 0.25) is 0 Å². The lowest BCUT2D eigenvalue weighted by molar-refractivity contribution is 0.628. The smallest absolute Gasteiger partial charge is 0.152 e. The molecule has 1 heterocycles. The molecule has 1 aliphatic carbocycles. The summed E-state index contributed by atoms with van der Waals surface area (Å²) in [5.74, 6) is 1.01. The van der Waals surface area contributed by atoms with Gasteiger partial charge in [-0.3, -0.25) is 5.10 Å². The summed E-state index contributed by atoms with van der Waals surface area (Å²) in [7, 11) is 0. The lowest BCUT2D eigenvalue weighted by Gasteiger charge is -2.22. The number of nitrogens with zero attached hydrogens (tertiary/aromatic N) is 1. The number of aryl methyl sites for hydroxylation is 1. The van der Waals surface area contributed by atoms with Crippen LogP contribution in [0.2, 0.25) is 0 Å². The highest BCUT2D eigenvalue weighted by molar-refractivity contribution is 5.74. The predicted molar refractivity (Wildman–Crippen MR) is 74.8 cm³/mol. The van der Waals surface area contributed by atoms with Crippen LogP contribution < -0.4 is 5.32 Å². The van der Waals surface area contributed by atoms with E-state index in [1.807, 2.05) is 0 Å². The second-order valence-electron chi connectivity index (χ2n) is 5.96. The SMILES string of the molecule is CC(C)(C)Nc1n[nH]c2c1CCc1ccccc1-2. The van der Waals surface area contributed by atoms with Crippen molar-refractivity contribution in [1.82, 2.24) is 10.2 Å². The number of nitrogens with one attached hydrogen (secondary N) is 2. The molecule has 2 N–H and O–H groups in total. The van der Waals surface area contributed by atoms with Crippen molar-refractivity contribution in [3.8, 4) is 11.3 Å². The van der Waals surface area contributed by atoms with Crippen LogP contribution in [0.25, 0.3) is 11.3 Å². The Morgan fingerprint density at radius 2 is 1.94 bits per heavy atom. The molecule has 0 unspecified atom stereocenters. The van der Waals surface area contributed by atoms with Crippen LogP contribution in [0.15, 0.2) is 24.3 Å². The summed E-state index contributed by atoms with van der Waals surface area (Å²) in [6.07, 6.45) is 2.16. The molecule has 0 fully saturated rings. The molecule has 18 heavy (non-hydrogen) atoms. The summed E-state index contributed by atoms with van der Waals surface area (Å²) in [6, 6.07) is 8.57. The van der Waals surface area contributed by atoms with Gasteiger partial charge < -0.3 is 5.32 Å². The minimum absolute atomic E-state index is 0.0416. The number of aromatic amines is 1. The topological polar surface area (TPSA) is 40.7 Å². The molecule has 94 valence electrons. The Balaban J connectivity index is 2.05. The van der Waals surface area contributed by atoms with Gasteiger partial charge in [-0.1, -0.05) is 24.3 Å². The minimum Gasteiger partial charge on any atom is -0.364 e. The van der Waals surface area contributed by atoms with Gasteiger partial charge in [-0.25, -0.2) is 0 Å². The van der Waals surface area contributed by atoms with Crippen LogP contribution >= 0.6 is 0 Å². The van der Waals surface area contributed by atoms with Crippen molar-refractivity contribution in [3.63, 3.8) is 0 Å². The molecule has 3 nitrogen and oxygen atoms in total. The molecule has 3 heteroatoms. The molecule has 1 aromatic heterocycles. The molecule has 2 aromatic rings. The molecular formula is C15H19N3. The molecule has 0 saturated heterocycles. The van der Waals surface area contributed by atoms with E-state index in [1.165, 1.54) is 22.4 Å². The van der Waals surface area contributed by atoms with Gasteiger partial charge in [0.1, 0.15) is 0 Å². The maximum Gasteiger partial charge on any atom is 0.152 e. The first kappa shape index (κ1) is 11.3. The van der Waals surface area contributed by atoms with Crippen LogP contribution in [-0.4, -0.2) is 15.7 Å². The second-order valence-corrected chi connectivity index (χ2v) is 5.96. The third-order valence-corrected chi connectivity index (χ3v) is 3.29. The molecule has 3 rings (SSSR count). The van der Waals surface area contributed by atoms with E-state index in [4.69, 9.17) is 0 Å². The van der Waals surface area contributed by atoms with E-state index in [2.05, 4.69) is 60.6 Å². The second kappa shape index (κ2) is 3.87. The van der Waals surface area contributed by atoms with E-state index in [0.29, 0.717) is 0 Å². The molecule has 0 bridgehead atoms. The molecule has 1 aromatic carbocycles. The van der Waals surface area contributed by atoms with E-state index in [0.717, 1.165) is 18.7 Å². The van der Waals surface area contributed by atoms with Crippen LogP contribution in [0.4, 0.5) is 5.82 Å².